The highest BCUT2D eigenvalue weighted by Gasteiger charge is 2.13. The van der Waals surface area contributed by atoms with Gasteiger partial charge < -0.3 is 15.5 Å². The van der Waals surface area contributed by atoms with Gasteiger partial charge in [0.2, 0.25) is 0 Å². The van der Waals surface area contributed by atoms with Crippen LogP contribution in [0.15, 0.2) is 42.6 Å². The van der Waals surface area contributed by atoms with Crippen molar-refractivity contribution >= 4 is 56.1 Å². The summed E-state index contributed by atoms with van der Waals surface area (Å²) in [6.45, 7) is 4.70. The van der Waals surface area contributed by atoms with E-state index in [2.05, 4.69) is 33.5 Å². The van der Waals surface area contributed by atoms with E-state index < -0.39 is 0 Å². The zero-order valence-electron chi connectivity index (χ0n) is 19.3. The zero-order valence-corrected chi connectivity index (χ0v) is 20.1. The molecular formula is C26H27N5O2S. The molecule has 0 radical (unpaired) electrons. The van der Waals surface area contributed by atoms with E-state index in [1.807, 2.05) is 37.3 Å². The first-order chi connectivity index (χ1) is 16.5. The third-order valence-electron chi connectivity index (χ3n) is 5.69. The van der Waals surface area contributed by atoms with Crippen LogP contribution in [0.4, 0.5) is 16.2 Å². The predicted molar refractivity (Wildman–Crippen MR) is 139 cm³/mol. The molecule has 0 saturated carbocycles. The van der Waals surface area contributed by atoms with E-state index in [1.165, 1.54) is 37.3 Å². The second kappa shape index (κ2) is 10.5. The minimum atomic E-state index is -0.248. The highest BCUT2D eigenvalue weighted by molar-refractivity contribution is 7.21. The minimum Gasteiger partial charge on any atom is -0.354 e. The largest absolute Gasteiger partial charge is 0.354 e. The standard InChI is InChI=1S/C21H16N4O2S.C5H11N/c1-3-7-23-21(27)25-13(2)9-14-10-15(4-5-19(14)25)24-17-6-8-22-18-11-16(12-26)28-20(17)18;1-6-4-2-3-5-6/h1,4-6,8-12H,7H2,2H3,(H,22,24)(H,23,27);2-5H2,1H3. The molecule has 1 aromatic carbocycles. The molecule has 174 valence electrons. The number of nitrogens with zero attached hydrogens (tertiary/aromatic N) is 3. The number of carbonyl (C=O) groups excluding carboxylic acids is 2. The van der Waals surface area contributed by atoms with E-state index in [4.69, 9.17) is 6.42 Å². The maximum atomic E-state index is 12.4. The Labute approximate surface area is 202 Å². The molecule has 4 heterocycles. The van der Waals surface area contributed by atoms with E-state index >= 15 is 0 Å². The molecule has 1 aliphatic heterocycles. The average Bonchev–Trinajstić information content (AvgIpc) is 3.55. The van der Waals surface area contributed by atoms with Crippen molar-refractivity contribution in [2.75, 3.05) is 32.0 Å². The lowest BCUT2D eigenvalue weighted by molar-refractivity contribution is 0.112. The molecule has 7 nitrogen and oxygen atoms in total. The molecule has 0 spiro atoms. The number of hydrogen-bond donors (Lipinski definition) is 2. The van der Waals surface area contributed by atoms with Crippen molar-refractivity contribution in [3.8, 4) is 12.3 Å². The molecule has 3 aromatic heterocycles. The molecule has 1 aliphatic rings. The Morgan fingerprint density at radius 3 is 2.71 bits per heavy atom. The summed E-state index contributed by atoms with van der Waals surface area (Å²) in [7, 11) is 2.17. The number of fused-ring (bicyclic) bond motifs is 2. The maximum Gasteiger partial charge on any atom is 0.327 e. The number of likely N-dealkylation sites (tertiary alicyclic amines) is 1. The van der Waals surface area contributed by atoms with Crippen LogP contribution < -0.4 is 10.6 Å². The summed E-state index contributed by atoms with van der Waals surface area (Å²) in [6, 6.07) is 11.1. The van der Waals surface area contributed by atoms with E-state index in [0.29, 0.717) is 4.88 Å². The number of carbonyl (C=O) groups is 2. The number of hydrogen-bond acceptors (Lipinski definition) is 6. The summed E-state index contributed by atoms with van der Waals surface area (Å²) in [5.41, 5.74) is 4.16. The van der Waals surface area contributed by atoms with Crippen molar-refractivity contribution in [3.05, 3.63) is 53.2 Å². The molecule has 0 unspecified atom stereocenters. The fourth-order valence-electron chi connectivity index (χ4n) is 4.05. The molecule has 0 atom stereocenters. The number of aryl methyl sites for hydroxylation is 1. The Bertz CT molecular complexity index is 1380. The van der Waals surface area contributed by atoms with Gasteiger partial charge in [0.1, 0.15) is 0 Å². The summed E-state index contributed by atoms with van der Waals surface area (Å²) in [6.07, 6.45) is 10.6. The van der Waals surface area contributed by atoms with E-state index in [-0.39, 0.29) is 12.6 Å². The molecule has 5 rings (SSSR count). The van der Waals surface area contributed by atoms with Gasteiger partial charge in [-0.1, -0.05) is 5.92 Å². The summed E-state index contributed by atoms with van der Waals surface area (Å²) in [4.78, 5) is 30.7. The summed E-state index contributed by atoms with van der Waals surface area (Å²) in [5.74, 6) is 2.40. The number of aldehydes is 1. The summed E-state index contributed by atoms with van der Waals surface area (Å²) in [5, 5.41) is 7.01. The first-order valence-electron chi connectivity index (χ1n) is 11.1. The number of amides is 1. The van der Waals surface area contributed by atoms with Crippen LogP contribution in [-0.4, -0.2) is 53.5 Å². The predicted octanol–water partition coefficient (Wildman–Crippen LogP) is 5.02. The smallest absolute Gasteiger partial charge is 0.327 e. The van der Waals surface area contributed by atoms with Crippen molar-refractivity contribution < 1.29 is 9.59 Å². The van der Waals surface area contributed by atoms with Gasteiger partial charge in [-0.25, -0.2) is 4.79 Å². The molecule has 8 heteroatoms. The van der Waals surface area contributed by atoms with Crippen molar-refractivity contribution in [2.45, 2.75) is 19.8 Å². The normalized spacial score (nSPS) is 13.3. The van der Waals surface area contributed by atoms with Crippen molar-refractivity contribution in [1.29, 1.82) is 0 Å². The number of nitrogens with one attached hydrogen (secondary N) is 2. The Balaban J connectivity index is 0.000000398. The quantitative estimate of drug-likeness (QED) is 0.321. The summed E-state index contributed by atoms with van der Waals surface area (Å²) < 4.78 is 2.53. The van der Waals surface area contributed by atoms with Crippen molar-refractivity contribution in [2.24, 2.45) is 0 Å². The number of benzene rings is 1. The third kappa shape index (κ3) is 5.11. The molecule has 0 aliphatic carbocycles. The molecular weight excluding hydrogens is 446 g/mol. The minimum absolute atomic E-state index is 0.180. The molecule has 0 bridgehead atoms. The number of thiophene rings is 1. The highest BCUT2D eigenvalue weighted by atomic mass is 32.1. The van der Waals surface area contributed by atoms with Crippen LogP contribution in [0.1, 0.15) is 28.2 Å². The molecule has 1 saturated heterocycles. The Kier molecular flexibility index (Phi) is 7.26. The van der Waals surface area contributed by atoms with Gasteiger partial charge >= 0.3 is 6.03 Å². The topological polar surface area (TPSA) is 79.3 Å². The van der Waals surface area contributed by atoms with Crippen molar-refractivity contribution in [3.63, 3.8) is 0 Å². The molecule has 4 aromatic rings. The number of aromatic nitrogens is 2. The van der Waals surface area contributed by atoms with Gasteiger partial charge in [-0.3, -0.25) is 14.3 Å². The first kappa shape index (κ1) is 23.5. The fraction of sp³-hybridized carbons (Fsp3) is 0.269. The van der Waals surface area contributed by atoms with Gasteiger partial charge in [0.05, 0.1) is 32.8 Å². The lowest BCUT2D eigenvalue weighted by Gasteiger charge is -2.09. The van der Waals surface area contributed by atoms with Crippen LogP contribution in [-0.2, 0) is 0 Å². The Hall–Kier alpha value is -3.67. The van der Waals surface area contributed by atoms with Gasteiger partial charge in [-0.2, -0.15) is 0 Å². The Morgan fingerprint density at radius 2 is 2.03 bits per heavy atom. The lowest BCUT2D eigenvalue weighted by atomic mass is 10.2. The van der Waals surface area contributed by atoms with Crippen LogP contribution in [0, 0.1) is 19.3 Å². The molecule has 1 amide bonds. The lowest BCUT2D eigenvalue weighted by Crippen LogP contribution is -2.29. The van der Waals surface area contributed by atoms with Crippen LogP contribution in [0.25, 0.3) is 21.1 Å². The Morgan fingerprint density at radius 1 is 1.24 bits per heavy atom. The number of pyridine rings is 1. The van der Waals surface area contributed by atoms with Gasteiger partial charge in [-0.15, -0.1) is 17.8 Å². The van der Waals surface area contributed by atoms with E-state index in [1.54, 1.807) is 16.8 Å². The highest BCUT2D eigenvalue weighted by Crippen LogP contribution is 2.32. The second-order valence-corrected chi connectivity index (χ2v) is 9.32. The van der Waals surface area contributed by atoms with Crippen LogP contribution in [0.2, 0.25) is 0 Å². The fourth-order valence-corrected chi connectivity index (χ4v) is 4.95. The number of rotatable bonds is 4. The SMILES string of the molecule is C#CCNC(=O)n1c(C)cc2cc(Nc3ccnc4cc(C=O)sc34)ccc21.CN1CCCC1. The van der Waals surface area contributed by atoms with Crippen LogP contribution >= 0.6 is 11.3 Å². The number of terminal acetylenes is 1. The monoisotopic (exact) mass is 473 g/mol. The molecule has 34 heavy (non-hydrogen) atoms. The second-order valence-electron chi connectivity index (χ2n) is 8.23. The van der Waals surface area contributed by atoms with Crippen molar-refractivity contribution in [1.82, 2.24) is 19.8 Å². The summed E-state index contributed by atoms with van der Waals surface area (Å²) >= 11 is 1.40. The maximum absolute atomic E-state index is 12.4. The van der Waals surface area contributed by atoms with Gasteiger partial charge in [0, 0.05) is 23.0 Å². The number of anilines is 2. The van der Waals surface area contributed by atoms with E-state index in [0.717, 1.165) is 44.5 Å². The molecule has 2 N–H and O–H groups in total. The average molecular weight is 474 g/mol. The molecule has 1 fully saturated rings. The van der Waals surface area contributed by atoms with Gasteiger partial charge in [0.25, 0.3) is 0 Å². The first-order valence-corrected chi connectivity index (χ1v) is 11.9. The van der Waals surface area contributed by atoms with E-state index in [9.17, 15) is 9.59 Å². The third-order valence-corrected chi connectivity index (χ3v) is 6.77. The zero-order chi connectivity index (χ0) is 24.1. The van der Waals surface area contributed by atoms with Gasteiger partial charge in [0.15, 0.2) is 6.29 Å². The van der Waals surface area contributed by atoms with Gasteiger partial charge in [-0.05, 0) is 76.3 Å². The van der Waals surface area contributed by atoms with Crippen LogP contribution in [0.5, 0.6) is 0 Å². The van der Waals surface area contributed by atoms with Crippen LogP contribution in [0.3, 0.4) is 0 Å².